The van der Waals surface area contributed by atoms with Gasteiger partial charge in [0.25, 0.3) is 5.91 Å². The fourth-order valence-electron chi connectivity index (χ4n) is 1.84. The topological polar surface area (TPSA) is 68.3 Å². The van der Waals surface area contributed by atoms with Gasteiger partial charge in [0.1, 0.15) is 5.03 Å². The molecule has 0 fully saturated rings. The third kappa shape index (κ3) is 4.33. The quantitative estimate of drug-likeness (QED) is 0.678. The Balaban J connectivity index is 1.92. The number of carbonyl (C=O) groups excluding carboxylic acids is 2. The van der Waals surface area contributed by atoms with E-state index in [1.54, 1.807) is 24.4 Å². The molecule has 114 valence electrons. The number of thioether (sulfide) groups is 1. The third-order valence-corrected chi connectivity index (χ3v) is 3.53. The van der Waals surface area contributed by atoms with Gasteiger partial charge in [0.15, 0.2) is 6.61 Å². The largest absolute Gasteiger partial charge is 0.452 e. The number of rotatable bonds is 5. The summed E-state index contributed by atoms with van der Waals surface area (Å²) in [6.45, 7) is 1.59. The van der Waals surface area contributed by atoms with E-state index in [0.29, 0.717) is 16.3 Å². The average Bonchev–Trinajstić information content (AvgIpc) is 2.52. The van der Waals surface area contributed by atoms with Crippen molar-refractivity contribution in [3.05, 3.63) is 53.7 Å². The first-order chi connectivity index (χ1) is 10.6. The number of aromatic nitrogens is 1. The van der Waals surface area contributed by atoms with E-state index in [4.69, 9.17) is 4.74 Å². The van der Waals surface area contributed by atoms with E-state index in [-0.39, 0.29) is 12.5 Å². The Bertz CT molecular complexity index is 689. The molecule has 0 aliphatic heterocycles. The molecule has 0 unspecified atom stereocenters. The van der Waals surface area contributed by atoms with E-state index < -0.39 is 5.97 Å². The van der Waals surface area contributed by atoms with E-state index in [1.807, 2.05) is 31.4 Å². The van der Waals surface area contributed by atoms with Crippen LogP contribution < -0.4 is 5.32 Å². The SMILES string of the molecule is CSc1ncccc1C(=O)OCC(=O)Nc1cccc(C)c1. The molecule has 0 saturated carbocycles. The fourth-order valence-corrected chi connectivity index (χ4v) is 2.38. The van der Waals surface area contributed by atoms with Crippen molar-refractivity contribution in [1.82, 2.24) is 4.98 Å². The number of anilines is 1. The highest BCUT2D eigenvalue weighted by molar-refractivity contribution is 7.98. The monoisotopic (exact) mass is 316 g/mol. The molecule has 0 saturated heterocycles. The van der Waals surface area contributed by atoms with Crippen LogP contribution in [0.15, 0.2) is 47.6 Å². The smallest absolute Gasteiger partial charge is 0.341 e. The van der Waals surface area contributed by atoms with Gasteiger partial charge in [-0.05, 0) is 43.0 Å². The molecule has 1 aromatic heterocycles. The summed E-state index contributed by atoms with van der Waals surface area (Å²) in [4.78, 5) is 27.9. The zero-order valence-electron chi connectivity index (χ0n) is 12.3. The highest BCUT2D eigenvalue weighted by atomic mass is 32.2. The highest BCUT2D eigenvalue weighted by Crippen LogP contribution is 2.17. The molecule has 0 aliphatic rings. The van der Waals surface area contributed by atoms with Crippen molar-refractivity contribution < 1.29 is 14.3 Å². The number of ether oxygens (including phenoxy) is 1. The van der Waals surface area contributed by atoms with Crippen molar-refractivity contribution in [2.24, 2.45) is 0 Å². The van der Waals surface area contributed by atoms with Gasteiger partial charge in [0.2, 0.25) is 0 Å². The molecule has 0 spiro atoms. The first-order valence-corrected chi connectivity index (χ1v) is 7.85. The van der Waals surface area contributed by atoms with Crippen LogP contribution in [0.5, 0.6) is 0 Å². The zero-order valence-corrected chi connectivity index (χ0v) is 13.1. The van der Waals surface area contributed by atoms with E-state index in [9.17, 15) is 9.59 Å². The zero-order chi connectivity index (χ0) is 15.9. The van der Waals surface area contributed by atoms with Crippen LogP contribution in [0.25, 0.3) is 0 Å². The van der Waals surface area contributed by atoms with Crippen molar-refractivity contribution in [2.75, 3.05) is 18.2 Å². The van der Waals surface area contributed by atoms with Crippen molar-refractivity contribution in [3.63, 3.8) is 0 Å². The van der Waals surface area contributed by atoms with E-state index in [0.717, 1.165) is 5.56 Å². The Morgan fingerprint density at radius 2 is 2.09 bits per heavy atom. The lowest BCUT2D eigenvalue weighted by molar-refractivity contribution is -0.119. The third-order valence-electron chi connectivity index (χ3n) is 2.82. The summed E-state index contributed by atoms with van der Waals surface area (Å²) in [5.41, 5.74) is 2.07. The molecule has 1 amide bonds. The van der Waals surface area contributed by atoms with Gasteiger partial charge < -0.3 is 10.1 Å². The maximum Gasteiger partial charge on any atom is 0.341 e. The van der Waals surface area contributed by atoms with Gasteiger partial charge in [-0.1, -0.05) is 12.1 Å². The summed E-state index contributed by atoms with van der Waals surface area (Å²) in [6.07, 6.45) is 3.43. The Labute approximate surface area is 133 Å². The summed E-state index contributed by atoms with van der Waals surface area (Å²) in [7, 11) is 0. The van der Waals surface area contributed by atoms with Gasteiger partial charge in [0.05, 0.1) is 5.56 Å². The molecule has 2 rings (SSSR count). The summed E-state index contributed by atoms with van der Waals surface area (Å²) >= 11 is 1.35. The van der Waals surface area contributed by atoms with Crippen molar-refractivity contribution >= 4 is 29.3 Å². The molecular weight excluding hydrogens is 300 g/mol. The minimum absolute atomic E-state index is 0.338. The number of benzene rings is 1. The maximum absolute atomic E-state index is 12.0. The molecule has 5 nitrogen and oxygen atoms in total. The lowest BCUT2D eigenvalue weighted by atomic mass is 10.2. The lowest BCUT2D eigenvalue weighted by Gasteiger charge is -2.08. The van der Waals surface area contributed by atoms with Crippen LogP contribution in [-0.2, 0) is 9.53 Å². The number of pyridine rings is 1. The summed E-state index contributed by atoms with van der Waals surface area (Å²) in [5.74, 6) is -0.939. The second-order valence-electron chi connectivity index (χ2n) is 4.55. The molecule has 1 aromatic carbocycles. The van der Waals surface area contributed by atoms with E-state index >= 15 is 0 Å². The molecular formula is C16H16N2O3S. The second kappa shape index (κ2) is 7.61. The molecule has 0 aliphatic carbocycles. The fraction of sp³-hybridized carbons (Fsp3) is 0.188. The standard InChI is InChI=1S/C16H16N2O3S/c1-11-5-3-6-12(9-11)18-14(19)10-21-16(20)13-7-4-8-17-15(13)22-2/h3-9H,10H2,1-2H3,(H,18,19). The van der Waals surface area contributed by atoms with Crippen LogP contribution in [0, 0.1) is 6.92 Å². The molecule has 0 radical (unpaired) electrons. The Kier molecular flexibility index (Phi) is 5.55. The van der Waals surface area contributed by atoms with Crippen LogP contribution in [0.1, 0.15) is 15.9 Å². The molecule has 2 aromatic rings. The average molecular weight is 316 g/mol. The molecule has 6 heteroatoms. The number of nitrogens with one attached hydrogen (secondary N) is 1. The number of esters is 1. The number of hydrogen-bond donors (Lipinski definition) is 1. The maximum atomic E-state index is 12.0. The number of aryl methyl sites for hydroxylation is 1. The Morgan fingerprint density at radius 1 is 1.27 bits per heavy atom. The number of carbonyl (C=O) groups is 2. The summed E-state index contributed by atoms with van der Waals surface area (Å²) in [5, 5.41) is 3.26. The van der Waals surface area contributed by atoms with Gasteiger partial charge in [-0.15, -0.1) is 11.8 Å². The highest BCUT2D eigenvalue weighted by Gasteiger charge is 2.14. The minimum Gasteiger partial charge on any atom is -0.452 e. The van der Waals surface area contributed by atoms with Crippen molar-refractivity contribution in [1.29, 1.82) is 0 Å². The van der Waals surface area contributed by atoms with E-state index in [2.05, 4.69) is 10.3 Å². The number of amides is 1. The Hall–Kier alpha value is -2.34. The van der Waals surface area contributed by atoms with Gasteiger partial charge in [-0.3, -0.25) is 4.79 Å². The van der Waals surface area contributed by atoms with Crippen molar-refractivity contribution in [3.8, 4) is 0 Å². The van der Waals surface area contributed by atoms with E-state index in [1.165, 1.54) is 11.8 Å². The second-order valence-corrected chi connectivity index (χ2v) is 5.35. The lowest BCUT2D eigenvalue weighted by Crippen LogP contribution is -2.21. The van der Waals surface area contributed by atoms with Gasteiger partial charge in [0, 0.05) is 11.9 Å². The van der Waals surface area contributed by atoms with Crippen LogP contribution >= 0.6 is 11.8 Å². The Morgan fingerprint density at radius 3 is 2.82 bits per heavy atom. The predicted molar refractivity (Wildman–Crippen MR) is 86.1 cm³/mol. The molecule has 1 heterocycles. The van der Waals surface area contributed by atoms with Gasteiger partial charge in [-0.25, -0.2) is 9.78 Å². The summed E-state index contributed by atoms with van der Waals surface area (Å²) in [6, 6.07) is 10.7. The molecule has 0 atom stereocenters. The molecule has 0 bridgehead atoms. The van der Waals surface area contributed by atoms with Gasteiger partial charge in [-0.2, -0.15) is 0 Å². The normalized spacial score (nSPS) is 10.1. The van der Waals surface area contributed by atoms with Crippen molar-refractivity contribution in [2.45, 2.75) is 11.9 Å². The minimum atomic E-state index is -0.558. The molecule has 22 heavy (non-hydrogen) atoms. The van der Waals surface area contributed by atoms with Crippen LogP contribution in [0.3, 0.4) is 0 Å². The van der Waals surface area contributed by atoms with Crippen LogP contribution in [-0.4, -0.2) is 29.7 Å². The number of nitrogens with zero attached hydrogens (tertiary/aromatic N) is 1. The van der Waals surface area contributed by atoms with Crippen LogP contribution in [0.2, 0.25) is 0 Å². The molecule has 1 N–H and O–H groups in total. The first kappa shape index (κ1) is 16.0. The first-order valence-electron chi connectivity index (χ1n) is 6.63. The van der Waals surface area contributed by atoms with Gasteiger partial charge >= 0.3 is 5.97 Å². The summed E-state index contributed by atoms with van der Waals surface area (Å²) < 4.78 is 5.03. The predicted octanol–water partition coefficient (Wildman–Crippen LogP) is 2.91. The number of hydrogen-bond acceptors (Lipinski definition) is 5. The van der Waals surface area contributed by atoms with Crippen LogP contribution in [0.4, 0.5) is 5.69 Å².